The highest BCUT2D eigenvalue weighted by Gasteiger charge is 1.94. The van der Waals surface area contributed by atoms with Crippen molar-refractivity contribution in [1.29, 1.82) is 0 Å². The summed E-state index contributed by atoms with van der Waals surface area (Å²) in [4.78, 5) is 0. The molecule has 0 atom stereocenters. The molecular weight excluding hydrogens is 112 g/mol. The standard InChI is InChI=1S/C4H4O2S/c7-4-1-2-5-3-6-4/h1-2H,3H2. The van der Waals surface area contributed by atoms with Crippen LogP contribution in [0.1, 0.15) is 0 Å². The van der Waals surface area contributed by atoms with Crippen LogP contribution in [0.4, 0.5) is 0 Å². The van der Waals surface area contributed by atoms with Gasteiger partial charge in [-0.3, -0.25) is 0 Å². The molecule has 7 heavy (non-hydrogen) atoms. The summed E-state index contributed by atoms with van der Waals surface area (Å²) in [5.74, 6) is 0. The van der Waals surface area contributed by atoms with E-state index in [1.807, 2.05) is 0 Å². The van der Waals surface area contributed by atoms with Crippen molar-refractivity contribution in [3.05, 3.63) is 12.3 Å². The molecule has 0 saturated carbocycles. The molecule has 0 aromatic carbocycles. The van der Waals surface area contributed by atoms with Crippen LogP contribution in [0.25, 0.3) is 0 Å². The van der Waals surface area contributed by atoms with E-state index in [0.29, 0.717) is 5.05 Å². The van der Waals surface area contributed by atoms with Crippen molar-refractivity contribution in [2.45, 2.75) is 0 Å². The summed E-state index contributed by atoms with van der Waals surface area (Å²) < 4.78 is 9.35. The molecule has 1 rings (SSSR count). The Hall–Kier alpha value is -0.570. The van der Waals surface area contributed by atoms with Gasteiger partial charge in [-0.2, -0.15) is 0 Å². The van der Waals surface area contributed by atoms with E-state index >= 15 is 0 Å². The molecule has 0 N–H and O–H groups in total. The van der Waals surface area contributed by atoms with Crippen LogP contribution in [-0.4, -0.2) is 11.8 Å². The first-order chi connectivity index (χ1) is 3.39. The minimum Gasteiger partial charge on any atom is -0.465 e. The van der Waals surface area contributed by atoms with Gasteiger partial charge in [0.15, 0.2) is 5.05 Å². The summed E-state index contributed by atoms with van der Waals surface area (Å²) in [5, 5.41) is 0.492. The summed E-state index contributed by atoms with van der Waals surface area (Å²) in [6.07, 6.45) is 3.12. The second-order valence-corrected chi connectivity index (χ2v) is 1.45. The van der Waals surface area contributed by atoms with E-state index in [0.717, 1.165) is 0 Å². The predicted octanol–water partition coefficient (Wildman–Crippen LogP) is 0.832. The van der Waals surface area contributed by atoms with Crippen molar-refractivity contribution in [3.8, 4) is 0 Å². The average molecular weight is 116 g/mol. The molecule has 0 aliphatic carbocycles. The molecule has 1 aliphatic heterocycles. The fourth-order valence-corrected chi connectivity index (χ4v) is 0.387. The van der Waals surface area contributed by atoms with Crippen LogP contribution in [0.3, 0.4) is 0 Å². The molecule has 0 aromatic heterocycles. The molecule has 0 saturated heterocycles. The van der Waals surface area contributed by atoms with Gasteiger partial charge in [-0.15, -0.1) is 0 Å². The van der Waals surface area contributed by atoms with Gasteiger partial charge in [0, 0.05) is 6.08 Å². The Bertz CT molecular complexity index is 108. The first kappa shape index (κ1) is 4.59. The molecule has 0 spiro atoms. The number of hydrogen-bond donors (Lipinski definition) is 0. The van der Waals surface area contributed by atoms with E-state index in [2.05, 4.69) is 17.0 Å². The zero-order valence-corrected chi connectivity index (χ0v) is 4.40. The van der Waals surface area contributed by atoms with Crippen LogP contribution in [-0.2, 0) is 9.47 Å². The minimum atomic E-state index is 0.259. The quantitative estimate of drug-likeness (QED) is 0.437. The Labute approximate surface area is 46.7 Å². The zero-order chi connectivity index (χ0) is 5.11. The molecule has 0 unspecified atom stereocenters. The van der Waals surface area contributed by atoms with Crippen molar-refractivity contribution in [2.24, 2.45) is 0 Å². The van der Waals surface area contributed by atoms with E-state index in [-0.39, 0.29) is 6.79 Å². The van der Waals surface area contributed by atoms with Crippen LogP contribution in [0.15, 0.2) is 12.3 Å². The highest BCUT2D eigenvalue weighted by molar-refractivity contribution is 7.80. The monoisotopic (exact) mass is 116 g/mol. The minimum absolute atomic E-state index is 0.259. The summed E-state index contributed by atoms with van der Waals surface area (Å²) in [6, 6.07) is 0. The van der Waals surface area contributed by atoms with Crippen molar-refractivity contribution < 1.29 is 9.47 Å². The lowest BCUT2D eigenvalue weighted by molar-refractivity contribution is 0.0650. The smallest absolute Gasteiger partial charge is 0.231 e. The van der Waals surface area contributed by atoms with E-state index in [9.17, 15) is 0 Å². The topological polar surface area (TPSA) is 18.5 Å². The summed E-state index contributed by atoms with van der Waals surface area (Å²) >= 11 is 4.62. The summed E-state index contributed by atoms with van der Waals surface area (Å²) in [7, 11) is 0. The van der Waals surface area contributed by atoms with Crippen LogP contribution in [0.5, 0.6) is 0 Å². The van der Waals surface area contributed by atoms with Crippen molar-refractivity contribution in [1.82, 2.24) is 0 Å². The zero-order valence-electron chi connectivity index (χ0n) is 3.59. The number of thiocarbonyl (C=S) groups is 1. The molecule has 0 fully saturated rings. The van der Waals surface area contributed by atoms with Gasteiger partial charge in [-0.05, 0) is 12.2 Å². The van der Waals surface area contributed by atoms with Crippen molar-refractivity contribution in [3.63, 3.8) is 0 Å². The molecule has 3 heteroatoms. The lowest BCUT2D eigenvalue weighted by Crippen LogP contribution is -2.05. The molecule has 0 bridgehead atoms. The number of rotatable bonds is 0. The summed E-state index contributed by atoms with van der Waals surface area (Å²) in [6.45, 7) is 0.259. The van der Waals surface area contributed by atoms with E-state index in [4.69, 9.17) is 4.74 Å². The van der Waals surface area contributed by atoms with Crippen molar-refractivity contribution in [2.75, 3.05) is 6.79 Å². The maximum atomic E-state index is 4.70. The SMILES string of the molecule is S=C1C=COCO1. The third-order valence-corrected chi connectivity index (χ3v) is 0.824. The Morgan fingerprint density at radius 1 is 1.71 bits per heavy atom. The molecule has 0 aromatic rings. The lowest BCUT2D eigenvalue weighted by Gasteiger charge is -2.06. The predicted molar refractivity (Wildman–Crippen MR) is 28.8 cm³/mol. The Morgan fingerprint density at radius 3 is 2.86 bits per heavy atom. The second kappa shape index (κ2) is 1.93. The molecular formula is C4H4O2S. The molecule has 2 nitrogen and oxygen atoms in total. The van der Waals surface area contributed by atoms with E-state index in [1.165, 1.54) is 6.26 Å². The van der Waals surface area contributed by atoms with Crippen molar-refractivity contribution >= 4 is 17.3 Å². The first-order valence-electron chi connectivity index (χ1n) is 1.84. The molecule has 38 valence electrons. The Balaban J connectivity index is 2.51. The normalized spacial score (nSPS) is 18.0. The van der Waals surface area contributed by atoms with Gasteiger partial charge in [-0.25, -0.2) is 0 Å². The van der Waals surface area contributed by atoms with E-state index in [1.54, 1.807) is 6.08 Å². The van der Waals surface area contributed by atoms with Crippen LogP contribution in [0.2, 0.25) is 0 Å². The maximum Gasteiger partial charge on any atom is 0.231 e. The molecule has 1 heterocycles. The van der Waals surface area contributed by atoms with E-state index < -0.39 is 0 Å². The first-order valence-corrected chi connectivity index (χ1v) is 2.25. The number of hydrogen-bond acceptors (Lipinski definition) is 3. The Morgan fingerprint density at radius 2 is 2.57 bits per heavy atom. The van der Waals surface area contributed by atoms with Crippen LogP contribution < -0.4 is 0 Å². The fraction of sp³-hybridized carbons (Fsp3) is 0.250. The van der Waals surface area contributed by atoms with Crippen LogP contribution >= 0.6 is 12.2 Å². The van der Waals surface area contributed by atoms with Gasteiger partial charge in [0.1, 0.15) is 0 Å². The van der Waals surface area contributed by atoms with Gasteiger partial charge < -0.3 is 9.47 Å². The van der Waals surface area contributed by atoms with Gasteiger partial charge in [0.25, 0.3) is 0 Å². The van der Waals surface area contributed by atoms with Gasteiger partial charge in [0.05, 0.1) is 6.26 Å². The molecule has 0 radical (unpaired) electrons. The van der Waals surface area contributed by atoms with Crippen LogP contribution in [0, 0.1) is 0 Å². The second-order valence-electron chi connectivity index (χ2n) is 1.05. The van der Waals surface area contributed by atoms with Gasteiger partial charge >= 0.3 is 0 Å². The van der Waals surface area contributed by atoms with Gasteiger partial charge in [0.2, 0.25) is 6.79 Å². The third-order valence-electron chi connectivity index (χ3n) is 0.570. The van der Waals surface area contributed by atoms with Gasteiger partial charge in [-0.1, -0.05) is 0 Å². The maximum absolute atomic E-state index is 4.70. The highest BCUT2D eigenvalue weighted by atomic mass is 32.1. The summed E-state index contributed by atoms with van der Waals surface area (Å²) in [5.41, 5.74) is 0. The Kier molecular flexibility index (Phi) is 1.26. The molecule has 0 amide bonds. The fourth-order valence-electron chi connectivity index (χ4n) is 0.283. The average Bonchev–Trinajstić information content (AvgIpc) is 1.69. The molecule has 1 aliphatic rings. The lowest BCUT2D eigenvalue weighted by atomic mass is 10.6. The number of ether oxygens (including phenoxy) is 2. The largest absolute Gasteiger partial charge is 0.465 e. The highest BCUT2D eigenvalue weighted by Crippen LogP contribution is 1.93. The third kappa shape index (κ3) is 1.16.